The zero-order valence-corrected chi connectivity index (χ0v) is 30.6. The second kappa shape index (κ2) is 14.0. The number of nitrogens with zero attached hydrogens (tertiary/aromatic N) is 4. The molecule has 4 aliphatic rings. The summed E-state index contributed by atoms with van der Waals surface area (Å²) >= 11 is 0. The van der Waals surface area contributed by atoms with Crippen molar-refractivity contribution in [3.63, 3.8) is 0 Å². The van der Waals surface area contributed by atoms with Crippen molar-refractivity contribution in [1.82, 2.24) is 4.90 Å². The zero-order valence-electron chi connectivity index (χ0n) is 29.6. The van der Waals surface area contributed by atoms with Gasteiger partial charge in [0.05, 0.1) is 44.5 Å². The number of carbonyl (C=O) groups excluding carboxylic acids is 4. The number of fused-ring (bicyclic) bond motifs is 2. The number of aliphatic hydroxyl groups is 1. The van der Waals surface area contributed by atoms with Crippen LogP contribution >= 0.6 is 0 Å². The van der Waals surface area contributed by atoms with Gasteiger partial charge in [-0.1, -0.05) is 49.4 Å². The molecular weight excluding hydrogens is 685 g/mol. The first-order valence-electron chi connectivity index (χ1n) is 17.7. The lowest BCUT2D eigenvalue weighted by Gasteiger charge is -2.33. The van der Waals surface area contributed by atoms with Crippen molar-refractivity contribution in [1.29, 1.82) is 0 Å². The molecule has 3 aromatic rings. The van der Waals surface area contributed by atoms with Crippen LogP contribution in [0.15, 0.2) is 72.8 Å². The molecule has 0 saturated carbocycles. The number of amides is 4. The summed E-state index contributed by atoms with van der Waals surface area (Å²) in [4.78, 5) is 71.9. The number of hydrogen-bond acceptors (Lipinski definition) is 9. The van der Waals surface area contributed by atoms with Crippen LogP contribution in [0, 0.1) is 5.92 Å². The predicted molar refractivity (Wildman–Crippen MR) is 194 cm³/mol. The minimum Gasteiger partial charge on any atom is -0.447 e. The fraction of sp³-hybridized carbons (Fsp3) is 0.421. The highest BCUT2D eigenvalue weighted by molar-refractivity contribution is 6.71. The van der Waals surface area contributed by atoms with Gasteiger partial charge in [0.15, 0.2) is 13.9 Å². The average Bonchev–Trinajstić information content (AvgIpc) is 3.87. The van der Waals surface area contributed by atoms with Gasteiger partial charge in [0.1, 0.15) is 13.2 Å². The lowest BCUT2D eigenvalue weighted by Crippen LogP contribution is -2.46. The second-order valence-corrected chi connectivity index (χ2v) is 18.4. The van der Waals surface area contributed by atoms with E-state index in [1.54, 1.807) is 39.9 Å². The number of carbonyl (C=O) groups is 4. The van der Waals surface area contributed by atoms with Crippen molar-refractivity contribution >= 4 is 49.4 Å². The summed E-state index contributed by atoms with van der Waals surface area (Å²) in [5.74, 6) is -1.12. The maximum atomic E-state index is 15.0. The van der Waals surface area contributed by atoms with Gasteiger partial charge in [-0.05, 0) is 54.6 Å². The molecule has 3 fully saturated rings. The van der Waals surface area contributed by atoms with Crippen LogP contribution in [0.3, 0.4) is 0 Å². The van der Waals surface area contributed by atoms with Crippen molar-refractivity contribution in [2.45, 2.75) is 56.8 Å². The van der Waals surface area contributed by atoms with Crippen molar-refractivity contribution < 1.29 is 43.3 Å². The van der Waals surface area contributed by atoms with Crippen LogP contribution in [0.25, 0.3) is 0 Å². The number of cyclic esters (lactones) is 2. The van der Waals surface area contributed by atoms with E-state index in [4.69, 9.17) is 14.2 Å². The number of ether oxygens (including phenoxy) is 3. The molecule has 4 amide bonds. The standard InChI is InChI=1S/C38H44N4O9Si/c1-25-34(52(2,3)48)32(22-33(44)39(15-18-43)23-26-7-5-4-6-8-26)51-38(25)30-21-29(41-17-20-50-37(41)47)13-14-31(30)42(35(38)45)24-27-9-11-28(12-10-27)40-16-19-49-36(40)46/h4-14,21,25,32,34,43,48H,15-20,22-24H2,1-3H3/t25-,32+,34-,38+/m0/s1. The van der Waals surface area contributed by atoms with Crippen LogP contribution in [0.2, 0.25) is 18.6 Å². The lowest BCUT2D eigenvalue weighted by atomic mass is 9.82. The first kappa shape index (κ1) is 35.6. The Kier molecular flexibility index (Phi) is 9.59. The molecule has 2 N–H and O–H groups in total. The van der Waals surface area contributed by atoms with E-state index < -0.39 is 43.7 Å². The van der Waals surface area contributed by atoms with Crippen LogP contribution in [0.4, 0.5) is 26.7 Å². The minimum atomic E-state index is -3.10. The van der Waals surface area contributed by atoms with Crippen molar-refractivity contribution in [2.24, 2.45) is 5.92 Å². The Morgan fingerprint density at radius 2 is 1.54 bits per heavy atom. The van der Waals surface area contributed by atoms with Gasteiger partial charge in [-0.15, -0.1) is 0 Å². The summed E-state index contributed by atoms with van der Waals surface area (Å²) in [6.45, 7) is 7.27. The molecule has 0 unspecified atom stereocenters. The number of anilines is 3. The largest absolute Gasteiger partial charge is 0.447 e. The van der Waals surface area contributed by atoms with E-state index >= 15 is 4.79 Å². The molecule has 3 aromatic carbocycles. The molecular formula is C38H44N4O9Si. The Morgan fingerprint density at radius 1 is 0.904 bits per heavy atom. The summed E-state index contributed by atoms with van der Waals surface area (Å²) in [5.41, 5.74) is 2.07. The fourth-order valence-corrected chi connectivity index (χ4v) is 10.9. The monoisotopic (exact) mass is 728 g/mol. The number of hydrogen-bond donors (Lipinski definition) is 2. The Balaban J connectivity index is 1.24. The molecule has 0 aromatic heterocycles. The van der Waals surface area contributed by atoms with Gasteiger partial charge < -0.3 is 33.9 Å². The Morgan fingerprint density at radius 3 is 2.13 bits per heavy atom. The van der Waals surface area contributed by atoms with E-state index in [1.165, 1.54) is 4.90 Å². The number of rotatable bonds is 11. The SMILES string of the molecule is C[C@H]1[C@H]([Si](C)(C)O)[C@@H](CC(=O)N(CCO)Cc2ccccc2)O[C@]12C(=O)N(Cc1ccc(N3CCOC3=O)cc1)c1ccc(N3CCOC3=O)cc12. The lowest BCUT2D eigenvalue weighted by molar-refractivity contribution is -0.150. The molecule has 4 atom stereocenters. The Hall–Kier alpha value is -4.76. The van der Waals surface area contributed by atoms with E-state index in [0.717, 1.165) is 11.1 Å². The van der Waals surface area contributed by atoms with Crippen LogP contribution in [0.5, 0.6) is 0 Å². The molecule has 52 heavy (non-hydrogen) atoms. The molecule has 14 heteroatoms. The molecule has 274 valence electrons. The summed E-state index contributed by atoms with van der Waals surface area (Å²) in [5, 5.41) is 9.86. The predicted octanol–water partition coefficient (Wildman–Crippen LogP) is 4.36. The number of benzene rings is 3. The maximum Gasteiger partial charge on any atom is 0.414 e. The third kappa shape index (κ3) is 6.33. The van der Waals surface area contributed by atoms with Gasteiger partial charge in [-0.2, -0.15) is 0 Å². The van der Waals surface area contributed by atoms with Gasteiger partial charge >= 0.3 is 12.2 Å². The molecule has 1 spiro atoms. The van der Waals surface area contributed by atoms with Crippen LogP contribution < -0.4 is 14.7 Å². The van der Waals surface area contributed by atoms with Crippen LogP contribution in [0.1, 0.15) is 30.0 Å². The number of aliphatic hydroxyl groups excluding tert-OH is 1. The normalized spacial score (nSPS) is 24.1. The van der Waals surface area contributed by atoms with Gasteiger partial charge in [-0.3, -0.25) is 19.4 Å². The molecule has 7 rings (SSSR count). The highest BCUT2D eigenvalue weighted by atomic mass is 28.4. The van der Waals surface area contributed by atoms with Crippen molar-refractivity contribution in [3.8, 4) is 0 Å². The van der Waals surface area contributed by atoms with E-state index in [2.05, 4.69) is 0 Å². The topological polar surface area (TPSA) is 149 Å². The molecule has 0 radical (unpaired) electrons. The van der Waals surface area contributed by atoms with Gasteiger partial charge in [0.25, 0.3) is 5.91 Å². The Bertz CT molecular complexity index is 1850. The van der Waals surface area contributed by atoms with E-state index in [-0.39, 0.29) is 44.5 Å². The summed E-state index contributed by atoms with van der Waals surface area (Å²) in [6, 6.07) is 22.3. The van der Waals surface area contributed by atoms with Crippen LogP contribution in [-0.2, 0) is 42.5 Å². The third-order valence-corrected chi connectivity index (χ3v) is 13.2. The molecule has 0 bridgehead atoms. The van der Waals surface area contributed by atoms with Gasteiger partial charge in [-0.25, -0.2) is 9.59 Å². The van der Waals surface area contributed by atoms with Gasteiger partial charge in [0.2, 0.25) is 5.91 Å². The van der Waals surface area contributed by atoms with Gasteiger partial charge in [0, 0.05) is 41.5 Å². The zero-order chi connectivity index (χ0) is 36.8. The highest BCUT2D eigenvalue weighted by Gasteiger charge is 2.66. The molecule has 13 nitrogen and oxygen atoms in total. The summed E-state index contributed by atoms with van der Waals surface area (Å²) in [7, 11) is -3.10. The molecule has 4 aliphatic heterocycles. The van der Waals surface area contributed by atoms with Crippen molar-refractivity contribution in [2.75, 3.05) is 54.2 Å². The quantitative estimate of drug-likeness (QED) is 0.275. The minimum absolute atomic E-state index is 0.0955. The first-order valence-corrected chi connectivity index (χ1v) is 20.7. The van der Waals surface area contributed by atoms with Crippen molar-refractivity contribution in [3.05, 3.63) is 89.5 Å². The maximum absolute atomic E-state index is 15.0. The smallest absolute Gasteiger partial charge is 0.414 e. The first-order chi connectivity index (χ1) is 24.9. The van der Waals surface area contributed by atoms with E-state index in [9.17, 15) is 24.3 Å². The molecule has 4 heterocycles. The highest BCUT2D eigenvalue weighted by Crippen LogP contribution is 2.60. The Labute approximate surface area is 303 Å². The average molecular weight is 729 g/mol. The fourth-order valence-electron chi connectivity index (χ4n) is 8.33. The van der Waals surface area contributed by atoms with Crippen LogP contribution in [-0.4, -0.2) is 92.7 Å². The van der Waals surface area contributed by atoms with E-state index in [1.807, 2.05) is 67.6 Å². The third-order valence-electron chi connectivity index (χ3n) is 10.7. The van der Waals surface area contributed by atoms with E-state index in [0.29, 0.717) is 48.9 Å². The molecule has 0 aliphatic carbocycles. The summed E-state index contributed by atoms with van der Waals surface area (Å²) in [6.07, 6.45) is -1.78. The molecule has 3 saturated heterocycles. The summed E-state index contributed by atoms with van der Waals surface area (Å²) < 4.78 is 17.2. The second-order valence-electron chi connectivity index (χ2n) is 14.4.